The van der Waals surface area contributed by atoms with Crippen LogP contribution in [0.2, 0.25) is 0 Å². The topological polar surface area (TPSA) is 32.3 Å². The highest BCUT2D eigenvalue weighted by Crippen LogP contribution is 2.46. The number of likely N-dealkylation sites (tertiary alicyclic amines) is 1. The lowest BCUT2D eigenvalue weighted by Crippen LogP contribution is -2.52. The first-order chi connectivity index (χ1) is 10.4. The van der Waals surface area contributed by atoms with Crippen LogP contribution >= 0.6 is 0 Å². The van der Waals surface area contributed by atoms with Crippen LogP contribution in [0.15, 0.2) is 30.3 Å². The van der Waals surface area contributed by atoms with Crippen LogP contribution in [0.1, 0.15) is 12.0 Å². The molecular weight excluding hydrogens is 293 g/mol. The smallest absolute Gasteiger partial charge is 0.344 e. The summed E-state index contributed by atoms with van der Waals surface area (Å²) in [5.74, 6) is 1.10. The molecule has 0 bridgehead atoms. The number of rotatable bonds is 4. The van der Waals surface area contributed by atoms with Gasteiger partial charge in [0.1, 0.15) is 0 Å². The molecule has 0 radical (unpaired) electrons. The van der Waals surface area contributed by atoms with Crippen molar-refractivity contribution in [1.29, 1.82) is 0 Å². The second-order valence-corrected chi connectivity index (χ2v) is 5.41. The van der Waals surface area contributed by atoms with Gasteiger partial charge in [-0.3, -0.25) is 9.69 Å². The number of hydrogen-bond donors (Lipinski definition) is 1. The summed E-state index contributed by atoms with van der Waals surface area (Å²) in [7, 11) is 0. The van der Waals surface area contributed by atoms with Gasteiger partial charge in [-0.25, -0.2) is 0 Å². The fourth-order valence-electron chi connectivity index (χ4n) is 2.71. The molecule has 1 amide bonds. The van der Waals surface area contributed by atoms with E-state index in [9.17, 15) is 18.0 Å². The van der Waals surface area contributed by atoms with Gasteiger partial charge in [0.2, 0.25) is 5.91 Å². The molecule has 0 aliphatic carbocycles. The third kappa shape index (κ3) is 3.25. The molecule has 0 spiro atoms. The van der Waals surface area contributed by atoms with Crippen molar-refractivity contribution >= 4 is 5.91 Å². The Kier molecular flexibility index (Phi) is 4.77. The lowest BCUT2D eigenvalue weighted by molar-refractivity contribution is -0.217. The summed E-state index contributed by atoms with van der Waals surface area (Å²) in [6.07, 6.45) is 0.150. The normalized spacial score (nSPS) is 22.3. The number of halogens is 3. The van der Waals surface area contributed by atoms with Crippen molar-refractivity contribution in [2.45, 2.75) is 19.1 Å². The largest absolute Gasteiger partial charge is 0.404 e. The van der Waals surface area contributed by atoms with E-state index < -0.39 is 17.5 Å². The zero-order valence-corrected chi connectivity index (χ0v) is 12.0. The van der Waals surface area contributed by atoms with E-state index in [0.717, 1.165) is 5.56 Å². The van der Waals surface area contributed by atoms with Gasteiger partial charge in [0.25, 0.3) is 0 Å². The Labute approximate surface area is 127 Å². The maximum atomic E-state index is 13.5. The van der Waals surface area contributed by atoms with Crippen LogP contribution in [0, 0.1) is 17.8 Å². The van der Waals surface area contributed by atoms with E-state index in [1.54, 1.807) is 4.90 Å². The van der Waals surface area contributed by atoms with Crippen molar-refractivity contribution < 1.29 is 18.0 Å². The molecule has 1 fully saturated rings. The predicted molar refractivity (Wildman–Crippen MR) is 76.7 cm³/mol. The van der Waals surface area contributed by atoms with Gasteiger partial charge in [0, 0.05) is 13.1 Å². The van der Waals surface area contributed by atoms with E-state index in [0.29, 0.717) is 6.54 Å². The lowest BCUT2D eigenvalue weighted by atomic mass is 9.85. The highest BCUT2D eigenvalue weighted by Gasteiger charge is 2.62. The van der Waals surface area contributed by atoms with Crippen LogP contribution in [-0.4, -0.2) is 36.6 Å². The maximum absolute atomic E-state index is 13.5. The van der Waals surface area contributed by atoms with Crippen LogP contribution in [0.5, 0.6) is 0 Å². The molecule has 0 aromatic heterocycles. The predicted octanol–water partition coefficient (Wildman–Crippen LogP) is 2.19. The minimum Gasteiger partial charge on any atom is -0.344 e. The second-order valence-electron chi connectivity index (χ2n) is 5.41. The molecule has 1 aromatic carbocycles. The molecule has 118 valence electrons. The van der Waals surface area contributed by atoms with Gasteiger partial charge in [0.15, 0.2) is 5.41 Å². The first kappa shape index (κ1) is 16.4. The summed E-state index contributed by atoms with van der Waals surface area (Å²) < 4.78 is 40.4. The van der Waals surface area contributed by atoms with Gasteiger partial charge in [-0.05, 0) is 18.5 Å². The molecule has 22 heavy (non-hydrogen) atoms. The molecule has 0 saturated carbocycles. The summed E-state index contributed by atoms with van der Waals surface area (Å²) in [5, 5.41) is 2.18. The Morgan fingerprint density at radius 2 is 2.05 bits per heavy atom. The molecule has 1 aliphatic rings. The summed E-state index contributed by atoms with van der Waals surface area (Å²) in [6, 6.07) is 9.23. The molecule has 6 heteroatoms. The van der Waals surface area contributed by atoms with Crippen molar-refractivity contribution in [1.82, 2.24) is 10.2 Å². The third-order valence-corrected chi connectivity index (χ3v) is 3.93. The van der Waals surface area contributed by atoms with Gasteiger partial charge < -0.3 is 5.32 Å². The Morgan fingerprint density at radius 1 is 1.36 bits per heavy atom. The minimum absolute atomic E-state index is 0.199. The van der Waals surface area contributed by atoms with Crippen molar-refractivity contribution in [3.63, 3.8) is 0 Å². The average Bonchev–Trinajstić information content (AvgIpc) is 2.91. The van der Waals surface area contributed by atoms with Gasteiger partial charge >= 0.3 is 6.18 Å². The number of amides is 1. The van der Waals surface area contributed by atoms with Crippen LogP contribution in [0.3, 0.4) is 0 Å². The zero-order valence-electron chi connectivity index (χ0n) is 12.0. The first-order valence-electron chi connectivity index (χ1n) is 6.94. The number of benzene rings is 1. The average molecular weight is 310 g/mol. The van der Waals surface area contributed by atoms with Crippen LogP contribution in [0.4, 0.5) is 13.2 Å². The van der Waals surface area contributed by atoms with Crippen molar-refractivity contribution in [2.75, 3.05) is 19.6 Å². The van der Waals surface area contributed by atoms with Gasteiger partial charge in [-0.15, -0.1) is 6.42 Å². The molecule has 1 atom stereocenters. The van der Waals surface area contributed by atoms with Crippen molar-refractivity contribution in [3.8, 4) is 12.3 Å². The Bertz CT molecular complexity index is 565. The van der Waals surface area contributed by atoms with E-state index in [4.69, 9.17) is 6.42 Å². The summed E-state index contributed by atoms with van der Waals surface area (Å²) >= 11 is 0. The molecule has 0 unspecified atom stereocenters. The van der Waals surface area contributed by atoms with E-state index in [2.05, 4.69) is 11.2 Å². The van der Waals surface area contributed by atoms with E-state index in [1.807, 2.05) is 30.3 Å². The van der Waals surface area contributed by atoms with E-state index in [-0.39, 0.29) is 26.1 Å². The minimum atomic E-state index is -4.60. The number of nitrogens with one attached hydrogen (secondary N) is 1. The molecule has 2 rings (SSSR count). The second kappa shape index (κ2) is 6.41. The summed E-state index contributed by atoms with van der Waals surface area (Å²) in [6.45, 7) is 0.0656. The van der Waals surface area contributed by atoms with Gasteiger partial charge in [-0.2, -0.15) is 13.2 Å². The molecule has 1 saturated heterocycles. The lowest BCUT2D eigenvalue weighted by Gasteiger charge is -2.30. The number of nitrogens with zero attached hydrogens (tertiary/aromatic N) is 1. The molecule has 1 aromatic rings. The van der Waals surface area contributed by atoms with Gasteiger partial charge in [-0.1, -0.05) is 36.3 Å². The van der Waals surface area contributed by atoms with E-state index >= 15 is 0 Å². The molecular formula is C16H17F3N2O. The van der Waals surface area contributed by atoms with Crippen LogP contribution in [-0.2, 0) is 11.3 Å². The van der Waals surface area contributed by atoms with Crippen molar-refractivity contribution in [2.24, 2.45) is 5.41 Å². The zero-order chi connectivity index (χ0) is 16.2. The summed E-state index contributed by atoms with van der Waals surface area (Å²) in [5.41, 5.74) is -1.46. The Morgan fingerprint density at radius 3 is 2.64 bits per heavy atom. The SMILES string of the molecule is C#CCNC(=O)[C@]1(C(F)(F)F)CCN(Cc2ccccc2)C1. The molecule has 1 aliphatic heterocycles. The highest BCUT2D eigenvalue weighted by atomic mass is 19.4. The number of carbonyl (C=O) groups is 1. The first-order valence-corrected chi connectivity index (χ1v) is 6.94. The van der Waals surface area contributed by atoms with Crippen LogP contribution < -0.4 is 5.32 Å². The third-order valence-electron chi connectivity index (χ3n) is 3.93. The summed E-state index contributed by atoms with van der Waals surface area (Å²) in [4.78, 5) is 13.7. The Hall–Kier alpha value is -2.00. The number of alkyl halides is 3. The molecule has 1 heterocycles. The number of carbonyl (C=O) groups excluding carboxylic acids is 1. The quantitative estimate of drug-likeness (QED) is 0.865. The molecule has 1 N–H and O–H groups in total. The Balaban J connectivity index is 2.13. The maximum Gasteiger partial charge on any atom is 0.404 e. The van der Waals surface area contributed by atoms with E-state index in [1.165, 1.54) is 0 Å². The highest BCUT2D eigenvalue weighted by molar-refractivity contribution is 5.84. The fourth-order valence-corrected chi connectivity index (χ4v) is 2.71. The fraction of sp³-hybridized carbons (Fsp3) is 0.438. The van der Waals surface area contributed by atoms with Crippen molar-refractivity contribution in [3.05, 3.63) is 35.9 Å². The van der Waals surface area contributed by atoms with Crippen LogP contribution in [0.25, 0.3) is 0 Å². The number of hydrogen-bond acceptors (Lipinski definition) is 2. The number of terminal acetylenes is 1. The monoisotopic (exact) mass is 310 g/mol. The molecule has 3 nitrogen and oxygen atoms in total. The van der Waals surface area contributed by atoms with Gasteiger partial charge in [0.05, 0.1) is 6.54 Å². The standard InChI is InChI=1S/C16H17F3N2O/c1-2-9-20-14(22)15(16(17,18)19)8-10-21(12-15)11-13-6-4-3-5-7-13/h1,3-7H,8-12H2,(H,20,22)/t15-/m0/s1.